The number of hydrogen-bond donors (Lipinski definition) is 2. The van der Waals surface area contributed by atoms with Gasteiger partial charge in [0.15, 0.2) is 0 Å². The molecule has 104 valence electrons. The van der Waals surface area contributed by atoms with Crippen molar-refractivity contribution in [2.75, 3.05) is 0 Å². The van der Waals surface area contributed by atoms with E-state index in [9.17, 15) is 14.0 Å². The number of hydrogen-bond acceptors (Lipinski definition) is 2. The van der Waals surface area contributed by atoms with Gasteiger partial charge in [0.05, 0.1) is 6.42 Å². The second kappa shape index (κ2) is 6.87. The van der Waals surface area contributed by atoms with Crippen LogP contribution in [0, 0.1) is 11.7 Å². The Hall–Kier alpha value is -1.91. The Morgan fingerprint density at radius 3 is 2.53 bits per heavy atom. The van der Waals surface area contributed by atoms with Gasteiger partial charge in [-0.15, -0.1) is 0 Å². The summed E-state index contributed by atoms with van der Waals surface area (Å²) in [6.45, 7) is 3.60. The lowest BCUT2D eigenvalue weighted by molar-refractivity contribution is -0.143. The molecule has 0 unspecified atom stereocenters. The van der Waals surface area contributed by atoms with Crippen LogP contribution in [-0.2, 0) is 16.0 Å². The van der Waals surface area contributed by atoms with Crippen molar-refractivity contribution in [3.05, 3.63) is 35.6 Å². The molecule has 0 heterocycles. The highest BCUT2D eigenvalue weighted by atomic mass is 19.1. The second-order valence-electron chi connectivity index (χ2n) is 4.54. The van der Waals surface area contributed by atoms with Gasteiger partial charge in [0.25, 0.3) is 0 Å². The average Bonchev–Trinajstić information content (AvgIpc) is 2.37. The van der Waals surface area contributed by atoms with Crippen LogP contribution in [0.5, 0.6) is 0 Å². The number of nitrogens with one attached hydrogen (secondary N) is 1. The Morgan fingerprint density at radius 1 is 1.37 bits per heavy atom. The van der Waals surface area contributed by atoms with E-state index in [1.807, 2.05) is 6.92 Å². The Bertz CT molecular complexity index is 462. The van der Waals surface area contributed by atoms with E-state index in [4.69, 9.17) is 5.11 Å². The predicted octanol–water partition coefficient (Wildman–Crippen LogP) is 1.98. The molecule has 5 heteroatoms. The molecule has 19 heavy (non-hydrogen) atoms. The fourth-order valence-electron chi connectivity index (χ4n) is 1.72. The summed E-state index contributed by atoms with van der Waals surface area (Å²) in [5.74, 6) is -2.20. The molecule has 2 N–H and O–H groups in total. The van der Waals surface area contributed by atoms with Crippen molar-refractivity contribution in [1.82, 2.24) is 5.32 Å². The lowest BCUT2D eigenvalue weighted by Crippen LogP contribution is -2.45. The van der Waals surface area contributed by atoms with Crippen molar-refractivity contribution in [3.8, 4) is 0 Å². The molecule has 1 amide bonds. The fourth-order valence-corrected chi connectivity index (χ4v) is 1.72. The summed E-state index contributed by atoms with van der Waals surface area (Å²) in [7, 11) is 0. The van der Waals surface area contributed by atoms with Gasteiger partial charge in [0.2, 0.25) is 5.91 Å². The van der Waals surface area contributed by atoms with Crippen LogP contribution >= 0.6 is 0 Å². The SMILES string of the molecule is CC[C@H](C)[C@H](NC(=O)Cc1ccccc1F)C(=O)O. The van der Waals surface area contributed by atoms with E-state index in [1.165, 1.54) is 18.2 Å². The van der Waals surface area contributed by atoms with Gasteiger partial charge in [-0.05, 0) is 17.5 Å². The first-order valence-electron chi connectivity index (χ1n) is 6.21. The van der Waals surface area contributed by atoms with E-state index in [0.29, 0.717) is 6.42 Å². The third kappa shape index (κ3) is 4.35. The Kier molecular flexibility index (Phi) is 5.48. The number of amides is 1. The fraction of sp³-hybridized carbons (Fsp3) is 0.429. The highest BCUT2D eigenvalue weighted by Gasteiger charge is 2.25. The van der Waals surface area contributed by atoms with Crippen molar-refractivity contribution in [2.45, 2.75) is 32.7 Å². The molecule has 0 spiro atoms. The van der Waals surface area contributed by atoms with Crippen LogP contribution in [0.1, 0.15) is 25.8 Å². The molecule has 0 bridgehead atoms. The molecule has 1 aromatic carbocycles. The van der Waals surface area contributed by atoms with Crippen LogP contribution in [0.25, 0.3) is 0 Å². The third-order valence-electron chi connectivity index (χ3n) is 3.10. The van der Waals surface area contributed by atoms with Gasteiger partial charge < -0.3 is 10.4 Å². The Labute approximate surface area is 111 Å². The first kappa shape index (κ1) is 15.1. The summed E-state index contributed by atoms with van der Waals surface area (Å²) < 4.78 is 13.4. The van der Waals surface area contributed by atoms with Gasteiger partial charge >= 0.3 is 5.97 Å². The summed E-state index contributed by atoms with van der Waals surface area (Å²) in [5, 5.41) is 11.5. The second-order valence-corrected chi connectivity index (χ2v) is 4.54. The molecular formula is C14H18FNO3. The molecule has 4 nitrogen and oxygen atoms in total. The number of carbonyl (C=O) groups excluding carboxylic acids is 1. The van der Waals surface area contributed by atoms with Gasteiger partial charge in [-0.2, -0.15) is 0 Å². The van der Waals surface area contributed by atoms with Crippen molar-refractivity contribution in [1.29, 1.82) is 0 Å². The van der Waals surface area contributed by atoms with Crippen molar-refractivity contribution in [2.24, 2.45) is 5.92 Å². The smallest absolute Gasteiger partial charge is 0.326 e. The summed E-state index contributed by atoms with van der Waals surface area (Å²) >= 11 is 0. The predicted molar refractivity (Wildman–Crippen MR) is 69.1 cm³/mol. The van der Waals surface area contributed by atoms with Crippen LogP contribution in [0.15, 0.2) is 24.3 Å². The first-order valence-corrected chi connectivity index (χ1v) is 6.21. The number of aliphatic carboxylic acids is 1. The number of carboxylic acid groups (broad SMARTS) is 1. The molecule has 0 radical (unpaired) electrons. The minimum absolute atomic E-state index is 0.160. The molecule has 0 aliphatic heterocycles. The largest absolute Gasteiger partial charge is 0.480 e. The zero-order chi connectivity index (χ0) is 14.4. The zero-order valence-corrected chi connectivity index (χ0v) is 11.0. The number of halogens is 1. The average molecular weight is 267 g/mol. The lowest BCUT2D eigenvalue weighted by atomic mass is 9.99. The molecule has 0 aromatic heterocycles. The molecule has 1 rings (SSSR count). The normalized spacial score (nSPS) is 13.6. The molecule has 0 aliphatic rings. The maximum absolute atomic E-state index is 13.4. The van der Waals surface area contributed by atoms with Crippen LogP contribution < -0.4 is 5.32 Å². The molecule has 2 atom stereocenters. The van der Waals surface area contributed by atoms with Gasteiger partial charge in [-0.1, -0.05) is 38.5 Å². The standard InChI is InChI=1S/C14H18FNO3/c1-3-9(2)13(14(18)19)16-12(17)8-10-6-4-5-7-11(10)15/h4-7,9,13H,3,8H2,1-2H3,(H,16,17)(H,18,19)/t9-,13-/m0/s1. The molecule has 0 saturated heterocycles. The van der Waals surface area contributed by atoms with E-state index in [1.54, 1.807) is 13.0 Å². The van der Waals surface area contributed by atoms with Gasteiger partial charge in [-0.3, -0.25) is 4.79 Å². The van der Waals surface area contributed by atoms with Crippen molar-refractivity contribution in [3.63, 3.8) is 0 Å². The highest BCUT2D eigenvalue weighted by Crippen LogP contribution is 2.10. The molecule has 1 aromatic rings. The first-order chi connectivity index (χ1) is 8.95. The minimum Gasteiger partial charge on any atom is -0.480 e. The van der Waals surface area contributed by atoms with E-state index in [0.717, 1.165) is 0 Å². The molecular weight excluding hydrogens is 249 g/mol. The summed E-state index contributed by atoms with van der Waals surface area (Å²) in [4.78, 5) is 22.8. The van der Waals surface area contributed by atoms with Gasteiger partial charge in [-0.25, -0.2) is 9.18 Å². The minimum atomic E-state index is -1.07. The van der Waals surface area contributed by atoms with Crippen LogP contribution in [0.4, 0.5) is 4.39 Å². The number of carbonyl (C=O) groups is 2. The molecule has 0 aliphatic carbocycles. The monoisotopic (exact) mass is 267 g/mol. The summed E-state index contributed by atoms with van der Waals surface area (Å²) in [6.07, 6.45) is 0.476. The number of benzene rings is 1. The highest BCUT2D eigenvalue weighted by molar-refractivity contribution is 5.85. The van der Waals surface area contributed by atoms with Crippen LogP contribution in [0.3, 0.4) is 0 Å². The molecule has 0 fully saturated rings. The Morgan fingerprint density at radius 2 is 2.00 bits per heavy atom. The maximum Gasteiger partial charge on any atom is 0.326 e. The maximum atomic E-state index is 13.4. The van der Waals surface area contributed by atoms with Crippen molar-refractivity contribution < 1.29 is 19.1 Å². The van der Waals surface area contributed by atoms with Gasteiger partial charge in [0.1, 0.15) is 11.9 Å². The van der Waals surface area contributed by atoms with E-state index >= 15 is 0 Å². The quantitative estimate of drug-likeness (QED) is 0.828. The van der Waals surface area contributed by atoms with E-state index in [-0.39, 0.29) is 17.9 Å². The Balaban J connectivity index is 2.68. The van der Waals surface area contributed by atoms with E-state index < -0.39 is 23.7 Å². The van der Waals surface area contributed by atoms with Gasteiger partial charge in [0, 0.05) is 0 Å². The number of rotatable bonds is 6. The van der Waals surface area contributed by atoms with Crippen LogP contribution in [-0.4, -0.2) is 23.0 Å². The third-order valence-corrected chi connectivity index (χ3v) is 3.10. The van der Waals surface area contributed by atoms with E-state index in [2.05, 4.69) is 5.32 Å². The number of carboxylic acids is 1. The molecule has 0 saturated carbocycles. The summed E-state index contributed by atoms with van der Waals surface area (Å²) in [6, 6.07) is 5.01. The lowest BCUT2D eigenvalue weighted by Gasteiger charge is -2.20. The summed E-state index contributed by atoms with van der Waals surface area (Å²) in [5.41, 5.74) is 0.258. The van der Waals surface area contributed by atoms with Crippen molar-refractivity contribution >= 4 is 11.9 Å². The van der Waals surface area contributed by atoms with Crippen LogP contribution in [0.2, 0.25) is 0 Å². The zero-order valence-electron chi connectivity index (χ0n) is 11.0. The topological polar surface area (TPSA) is 66.4 Å².